The van der Waals surface area contributed by atoms with Gasteiger partial charge in [-0.05, 0) is 117 Å². The van der Waals surface area contributed by atoms with Crippen LogP contribution in [-0.4, -0.2) is 7.05 Å². The number of hydrogen-bond acceptors (Lipinski definition) is 1. The Labute approximate surface area is 316 Å². The van der Waals surface area contributed by atoms with Gasteiger partial charge in [0.05, 0.1) is 0 Å². The van der Waals surface area contributed by atoms with E-state index in [9.17, 15) is 0 Å². The summed E-state index contributed by atoms with van der Waals surface area (Å²) in [5, 5.41) is 7.64. The van der Waals surface area contributed by atoms with Crippen molar-refractivity contribution in [3.8, 4) is 44.5 Å². The molecule has 9 aromatic carbocycles. The molecule has 0 radical (unpaired) electrons. The predicted molar refractivity (Wildman–Crippen MR) is 230 cm³/mol. The number of benzene rings is 9. The summed E-state index contributed by atoms with van der Waals surface area (Å²) in [6, 6.07) is 63.8. The molecule has 0 saturated heterocycles. The van der Waals surface area contributed by atoms with E-state index >= 15 is 0 Å². The SMILES string of the molecule is CN1c2ccccc2Cc2ccc(-c3c4ccccc4c(-c4cccc5c4-c4ccccc4C5(C)C)c4cc(-c5cccc6ccccc56)ccc34)cc21. The van der Waals surface area contributed by atoms with Crippen molar-refractivity contribution in [2.75, 3.05) is 11.9 Å². The van der Waals surface area contributed by atoms with Crippen LogP contribution in [0.1, 0.15) is 36.1 Å². The highest BCUT2D eigenvalue weighted by Gasteiger charge is 2.37. The molecule has 0 N–H and O–H groups in total. The highest BCUT2D eigenvalue weighted by atomic mass is 15.1. The Bertz CT molecular complexity index is 3010. The average Bonchev–Trinajstić information content (AvgIpc) is 3.45. The van der Waals surface area contributed by atoms with Crippen LogP contribution in [0.25, 0.3) is 76.8 Å². The minimum absolute atomic E-state index is 0.0879. The van der Waals surface area contributed by atoms with Crippen LogP contribution in [0.15, 0.2) is 170 Å². The van der Waals surface area contributed by atoms with Crippen LogP contribution in [0.3, 0.4) is 0 Å². The zero-order valence-corrected chi connectivity index (χ0v) is 30.8. The lowest BCUT2D eigenvalue weighted by atomic mass is 9.80. The summed E-state index contributed by atoms with van der Waals surface area (Å²) in [4.78, 5) is 2.38. The van der Waals surface area contributed by atoms with E-state index in [4.69, 9.17) is 0 Å². The number of rotatable bonds is 3. The largest absolute Gasteiger partial charge is 0.344 e. The summed E-state index contributed by atoms with van der Waals surface area (Å²) in [6.07, 6.45) is 0.946. The normalized spacial score (nSPS) is 13.9. The minimum atomic E-state index is -0.0879. The van der Waals surface area contributed by atoms with Crippen LogP contribution in [0.5, 0.6) is 0 Å². The molecule has 1 nitrogen and oxygen atoms in total. The Balaban J connectivity index is 1.25. The Morgan fingerprint density at radius 2 is 1.02 bits per heavy atom. The van der Waals surface area contributed by atoms with Gasteiger partial charge in [-0.3, -0.25) is 0 Å². The topological polar surface area (TPSA) is 3.24 Å². The first-order chi connectivity index (χ1) is 26.5. The van der Waals surface area contributed by atoms with Crippen molar-refractivity contribution >= 4 is 43.7 Å². The van der Waals surface area contributed by atoms with Crippen LogP contribution in [-0.2, 0) is 11.8 Å². The van der Waals surface area contributed by atoms with Gasteiger partial charge in [0.15, 0.2) is 0 Å². The molecule has 0 aromatic heterocycles. The first-order valence-corrected chi connectivity index (χ1v) is 19.1. The maximum atomic E-state index is 2.48. The maximum absolute atomic E-state index is 2.48. The van der Waals surface area contributed by atoms with E-state index < -0.39 is 0 Å². The molecule has 0 spiro atoms. The van der Waals surface area contributed by atoms with E-state index in [1.807, 2.05) is 0 Å². The van der Waals surface area contributed by atoms with Crippen LogP contribution in [0, 0.1) is 0 Å². The standard InChI is InChI=1S/C53H39N/c1-53(2)46-23-10-9-20-43(46)52-44(22-13-24-47(52)53)51-41-19-8-7-18-40(41)50(37-27-26-36-30-35-15-5-11-25-48(35)54(3)49(36)32-37)42-29-28-34(31-45(42)51)39-21-12-16-33-14-4-6-17-38(33)39/h4-29,31-32H,30H2,1-3H3. The molecule has 0 saturated carbocycles. The van der Waals surface area contributed by atoms with Crippen LogP contribution in [0.2, 0.25) is 0 Å². The minimum Gasteiger partial charge on any atom is -0.344 e. The highest BCUT2D eigenvalue weighted by Crippen LogP contribution is 2.55. The van der Waals surface area contributed by atoms with Crippen molar-refractivity contribution in [3.63, 3.8) is 0 Å². The van der Waals surface area contributed by atoms with Gasteiger partial charge in [0.25, 0.3) is 0 Å². The third kappa shape index (κ3) is 4.39. The monoisotopic (exact) mass is 689 g/mol. The summed E-state index contributed by atoms with van der Waals surface area (Å²) in [6.45, 7) is 4.76. The summed E-state index contributed by atoms with van der Waals surface area (Å²) in [5.41, 5.74) is 18.3. The van der Waals surface area contributed by atoms with Gasteiger partial charge in [-0.1, -0.05) is 166 Å². The first-order valence-electron chi connectivity index (χ1n) is 19.1. The Kier molecular flexibility index (Phi) is 6.64. The van der Waals surface area contributed by atoms with Crippen LogP contribution in [0.4, 0.5) is 11.4 Å². The van der Waals surface area contributed by atoms with Crippen molar-refractivity contribution in [3.05, 3.63) is 192 Å². The predicted octanol–water partition coefficient (Wildman–Crippen LogP) is 14.1. The summed E-state index contributed by atoms with van der Waals surface area (Å²) >= 11 is 0. The lowest BCUT2D eigenvalue weighted by Crippen LogP contribution is -2.18. The smallest absolute Gasteiger partial charge is 0.0450 e. The van der Waals surface area contributed by atoms with Crippen molar-refractivity contribution in [2.45, 2.75) is 25.7 Å². The molecule has 9 aromatic rings. The lowest BCUT2D eigenvalue weighted by Gasteiger charge is -2.31. The average molecular weight is 690 g/mol. The Hall–Kier alpha value is -6.44. The zero-order valence-electron chi connectivity index (χ0n) is 30.8. The summed E-state index contributed by atoms with van der Waals surface area (Å²) in [5.74, 6) is 0. The molecule has 0 atom stereocenters. The molecule has 256 valence electrons. The number of fused-ring (bicyclic) bond motifs is 8. The number of nitrogens with zero attached hydrogens (tertiary/aromatic N) is 1. The second-order valence-corrected chi connectivity index (χ2v) is 15.7. The maximum Gasteiger partial charge on any atom is 0.0450 e. The molecule has 0 amide bonds. The van der Waals surface area contributed by atoms with Crippen molar-refractivity contribution in [1.82, 2.24) is 0 Å². The number of hydrogen-bond donors (Lipinski definition) is 0. The van der Waals surface area contributed by atoms with Gasteiger partial charge in [-0.25, -0.2) is 0 Å². The highest BCUT2D eigenvalue weighted by molar-refractivity contribution is 6.23. The molecule has 11 rings (SSSR count). The quantitative estimate of drug-likeness (QED) is 0.167. The third-order valence-corrected chi connectivity index (χ3v) is 12.5. The fraction of sp³-hybridized carbons (Fsp3) is 0.0943. The van der Waals surface area contributed by atoms with Gasteiger partial charge >= 0.3 is 0 Å². The van der Waals surface area contributed by atoms with Gasteiger partial charge in [0.1, 0.15) is 0 Å². The van der Waals surface area contributed by atoms with Gasteiger partial charge in [0, 0.05) is 30.3 Å². The van der Waals surface area contributed by atoms with E-state index in [0.717, 1.165) is 6.42 Å². The fourth-order valence-corrected chi connectivity index (χ4v) is 9.89. The molecule has 1 aliphatic heterocycles. The van der Waals surface area contributed by atoms with Gasteiger partial charge < -0.3 is 4.90 Å². The van der Waals surface area contributed by atoms with E-state index in [1.54, 1.807) is 0 Å². The number of anilines is 2. The molecular formula is C53H39N. The summed E-state index contributed by atoms with van der Waals surface area (Å²) in [7, 11) is 2.21. The second-order valence-electron chi connectivity index (χ2n) is 15.7. The first kappa shape index (κ1) is 31.1. The van der Waals surface area contributed by atoms with Crippen molar-refractivity contribution < 1.29 is 0 Å². The Morgan fingerprint density at radius 1 is 0.407 bits per heavy atom. The third-order valence-electron chi connectivity index (χ3n) is 12.5. The van der Waals surface area contributed by atoms with Crippen LogP contribution >= 0.6 is 0 Å². The summed E-state index contributed by atoms with van der Waals surface area (Å²) < 4.78 is 0. The molecule has 1 aliphatic carbocycles. The zero-order chi connectivity index (χ0) is 36.1. The van der Waals surface area contributed by atoms with Gasteiger partial charge in [-0.15, -0.1) is 0 Å². The molecule has 54 heavy (non-hydrogen) atoms. The van der Waals surface area contributed by atoms with E-state index in [-0.39, 0.29) is 5.41 Å². The van der Waals surface area contributed by atoms with Crippen molar-refractivity contribution in [1.29, 1.82) is 0 Å². The molecular weight excluding hydrogens is 651 g/mol. The van der Waals surface area contributed by atoms with E-state index in [0.29, 0.717) is 0 Å². The van der Waals surface area contributed by atoms with Crippen LogP contribution < -0.4 is 4.90 Å². The molecule has 1 heteroatoms. The van der Waals surface area contributed by atoms with Gasteiger partial charge in [-0.2, -0.15) is 0 Å². The van der Waals surface area contributed by atoms with E-state index in [1.165, 1.54) is 110 Å². The van der Waals surface area contributed by atoms with Crippen molar-refractivity contribution in [2.24, 2.45) is 0 Å². The molecule has 0 fully saturated rings. The van der Waals surface area contributed by atoms with Gasteiger partial charge in [0.2, 0.25) is 0 Å². The molecule has 1 heterocycles. The Morgan fingerprint density at radius 3 is 1.91 bits per heavy atom. The second kappa shape index (κ2) is 11.5. The fourth-order valence-electron chi connectivity index (χ4n) is 9.89. The lowest BCUT2D eigenvalue weighted by molar-refractivity contribution is 0.660. The molecule has 0 unspecified atom stereocenters. The number of para-hydroxylation sites is 1. The molecule has 0 bridgehead atoms. The van der Waals surface area contributed by atoms with E-state index in [2.05, 4.69) is 196 Å². The molecule has 2 aliphatic rings.